The molecule has 0 unspecified atom stereocenters. The van der Waals surface area contributed by atoms with Crippen molar-refractivity contribution < 1.29 is 8.42 Å². The van der Waals surface area contributed by atoms with Gasteiger partial charge in [0.05, 0.1) is 23.2 Å². The first-order chi connectivity index (χ1) is 13.5. The van der Waals surface area contributed by atoms with Crippen molar-refractivity contribution in [3.8, 4) is 0 Å². The van der Waals surface area contributed by atoms with Gasteiger partial charge in [-0.05, 0) is 50.9 Å². The van der Waals surface area contributed by atoms with Crippen molar-refractivity contribution in [3.05, 3.63) is 47.2 Å². The van der Waals surface area contributed by atoms with Crippen LogP contribution in [0.2, 0.25) is 0 Å². The molecule has 3 aromatic rings. The van der Waals surface area contributed by atoms with Crippen LogP contribution in [0.5, 0.6) is 0 Å². The molecule has 2 aliphatic heterocycles. The van der Waals surface area contributed by atoms with Crippen molar-refractivity contribution in [1.82, 2.24) is 19.0 Å². The van der Waals surface area contributed by atoms with Crippen molar-refractivity contribution in [2.24, 2.45) is 5.92 Å². The van der Waals surface area contributed by atoms with E-state index < -0.39 is 10.0 Å². The van der Waals surface area contributed by atoms with Gasteiger partial charge in [0, 0.05) is 18.1 Å². The van der Waals surface area contributed by atoms with Crippen molar-refractivity contribution in [3.63, 3.8) is 0 Å². The van der Waals surface area contributed by atoms with Crippen LogP contribution in [0, 0.1) is 12.8 Å². The second-order valence-electron chi connectivity index (χ2n) is 7.55. The highest BCUT2D eigenvalue weighted by atomic mass is 32.2. The number of anilines is 1. The Bertz CT molecular complexity index is 1110. The number of nitrogens with one attached hydrogen (secondary N) is 2. The zero-order chi connectivity index (χ0) is 19.3. The number of nitrogens with zero attached hydrogens (tertiary/aromatic N) is 3. The minimum Gasteiger partial charge on any atom is -0.368 e. The van der Waals surface area contributed by atoms with Gasteiger partial charge in [-0.1, -0.05) is 12.1 Å². The van der Waals surface area contributed by atoms with Crippen LogP contribution in [0.25, 0.3) is 4.96 Å². The fraction of sp³-hybridized carbons (Fsp3) is 0.421. The molecule has 2 aromatic heterocycles. The zero-order valence-corrected chi connectivity index (χ0v) is 17.3. The SMILES string of the molecule is Cc1nc2sccn2c1CN1CCC([C@@H]2Nc3ccccc3S(=O)(=O)N2)CC1. The first-order valence-electron chi connectivity index (χ1n) is 9.52. The third-order valence-corrected chi connectivity index (χ3v) is 8.06. The summed E-state index contributed by atoms with van der Waals surface area (Å²) < 4.78 is 30.2. The van der Waals surface area contributed by atoms with E-state index in [1.54, 1.807) is 23.5 Å². The quantitative estimate of drug-likeness (QED) is 0.685. The second-order valence-corrected chi connectivity index (χ2v) is 10.1. The molecule has 0 aliphatic carbocycles. The molecule has 0 spiro atoms. The Morgan fingerprint density at radius 1 is 1.25 bits per heavy atom. The van der Waals surface area contributed by atoms with Crippen LogP contribution in [-0.4, -0.2) is 42.0 Å². The Labute approximate surface area is 168 Å². The Hall–Kier alpha value is -1.94. The van der Waals surface area contributed by atoms with Crippen LogP contribution in [0.4, 0.5) is 5.69 Å². The summed E-state index contributed by atoms with van der Waals surface area (Å²) in [6, 6.07) is 7.10. The number of para-hydroxylation sites is 1. The predicted octanol–water partition coefficient (Wildman–Crippen LogP) is 2.65. The minimum atomic E-state index is -3.46. The van der Waals surface area contributed by atoms with E-state index in [2.05, 4.69) is 42.8 Å². The van der Waals surface area contributed by atoms with E-state index in [4.69, 9.17) is 0 Å². The van der Waals surface area contributed by atoms with Crippen molar-refractivity contribution in [2.75, 3.05) is 18.4 Å². The smallest absolute Gasteiger partial charge is 0.244 e. The average molecular weight is 418 g/mol. The maximum Gasteiger partial charge on any atom is 0.244 e. The van der Waals surface area contributed by atoms with Crippen molar-refractivity contribution >= 4 is 32.0 Å². The lowest BCUT2D eigenvalue weighted by Crippen LogP contribution is -2.51. The molecule has 5 rings (SSSR count). The maximum atomic E-state index is 12.6. The minimum absolute atomic E-state index is 0.248. The van der Waals surface area contributed by atoms with Gasteiger partial charge < -0.3 is 5.32 Å². The lowest BCUT2D eigenvalue weighted by molar-refractivity contribution is 0.161. The summed E-state index contributed by atoms with van der Waals surface area (Å²) in [4.78, 5) is 8.45. The Kier molecular flexibility index (Phi) is 4.42. The number of aromatic nitrogens is 2. The molecule has 2 aliphatic rings. The molecule has 0 radical (unpaired) electrons. The van der Waals surface area contributed by atoms with Gasteiger partial charge in [-0.25, -0.2) is 13.4 Å². The van der Waals surface area contributed by atoms with Crippen LogP contribution in [0.3, 0.4) is 0 Å². The second kappa shape index (κ2) is 6.84. The zero-order valence-electron chi connectivity index (χ0n) is 15.6. The molecule has 148 valence electrons. The molecule has 4 heterocycles. The summed E-state index contributed by atoms with van der Waals surface area (Å²) in [5.41, 5.74) is 3.04. The van der Waals surface area contributed by atoms with E-state index in [1.807, 2.05) is 12.1 Å². The molecule has 2 N–H and O–H groups in total. The van der Waals surface area contributed by atoms with Crippen LogP contribution in [0.1, 0.15) is 24.2 Å². The third kappa shape index (κ3) is 3.12. The summed E-state index contributed by atoms with van der Waals surface area (Å²) in [5, 5.41) is 5.46. The monoisotopic (exact) mass is 417 g/mol. The molecular formula is C19H23N5O2S2. The maximum absolute atomic E-state index is 12.6. The van der Waals surface area contributed by atoms with E-state index >= 15 is 0 Å². The first-order valence-corrected chi connectivity index (χ1v) is 11.9. The Balaban J connectivity index is 1.27. The topological polar surface area (TPSA) is 78.7 Å². The molecule has 1 atom stereocenters. The van der Waals surface area contributed by atoms with Gasteiger partial charge in [-0.15, -0.1) is 11.3 Å². The molecular weight excluding hydrogens is 394 g/mol. The van der Waals surface area contributed by atoms with Crippen LogP contribution in [0.15, 0.2) is 40.7 Å². The number of likely N-dealkylation sites (tertiary alicyclic amines) is 1. The summed E-state index contributed by atoms with van der Waals surface area (Å²) in [6.07, 6.45) is 3.74. The average Bonchev–Trinajstić information content (AvgIpc) is 3.24. The van der Waals surface area contributed by atoms with Crippen LogP contribution < -0.4 is 10.0 Å². The molecule has 1 fully saturated rings. The highest BCUT2D eigenvalue weighted by Crippen LogP contribution is 2.31. The van der Waals surface area contributed by atoms with Gasteiger partial charge >= 0.3 is 0 Å². The number of benzene rings is 1. The van der Waals surface area contributed by atoms with Crippen molar-refractivity contribution in [1.29, 1.82) is 0 Å². The van der Waals surface area contributed by atoms with E-state index in [0.29, 0.717) is 10.6 Å². The number of hydrogen-bond acceptors (Lipinski definition) is 6. The molecule has 28 heavy (non-hydrogen) atoms. The molecule has 0 saturated carbocycles. The van der Waals surface area contributed by atoms with Gasteiger partial charge in [-0.3, -0.25) is 9.30 Å². The highest BCUT2D eigenvalue weighted by molar-refractivity contribution is 7.89. The molecule has 0 amide bonds. The molecule has 7 nitrogen and oxygen atoms in total. The molecule has 1 saturated heterocycles. The number of piperidine rings is 1. The number of hydrogen-bond donors (Lipinski definition) is 2. The number of fused-ring (bicyclic) bond motifs is 2. The first kappa shape index (κ1) is 18.1. The lowest BCUT2D eigenvalue weighted by Gasteiger charge is -2.38. The molecule has 1 aromatic carbocycles. The fourth-order valence-corrected chi connectivity index (χ4v) is 6.41. The van der Waals surface area contributed by atoms with Gasteiger partial charge in [0.2, 0.25) is 10.0 Å². The molecule has 0 bridgehead atoms. The normalized spacial score (nSPS) is 22.8. The van der Waals surface area contributed by atoms with Gasteiger partial charge in [0.15, 0.2) is 4.96 Å². The van der Waals surface area contributed by atoms with Crippen LogP contribution in [-0.2, 0) is 16.6 Å². The van der Waals surface area contributed by atoms with E-state index in [9.17, 15) is 8.42 Å². The van der Waals surface area contributed by atoms with E-state index in [-0.39, 0.29) is 12.1 Å². The number of thiazole rings is 1. The summed E-state index contributed by atoms with van der Waals surface area (Å²) >= 11 is 1.66. The standard InChI is InChI=1S/C19H23N5O2S2/c1-13-16(24-10-11-27-19(24)20-13)12-23-8-6-14(7-9-23)18-21-15-4-2-3-5-17(15)28(25,26)22-18/h2-5,10-11,14,18,21-22H,6-9,12H2,1H3/t18-/m1/s1. The van der Waals surface area contributed by atoms with Gasteiger partial charge in [-0.2, -0.15) is 4.72 Å². The summed E-state index contributed by atoms with van der Waals surface area (Å²) in [5.74, 6) is 0.270. The number of imidazole rings is 1. The third-order valence-electron chi connectivity index (χ3n) is 5.81. The summed E-state index contributed by atoms with van der Waals surface area (Å²) in [7, 11) is -3.46. The van der Waals surface area contributed by atoms with E-state index in [1.165, 1.54) is 5.69 Å². The Morgan fingerprint density at radius 3 is 2.86 bits per heavy atom. The van der Waals surface area contributed by atoms with Gasteiger partial charge in [0.1, 0.15) is 4.90 Å². The van der Waals surface area contributed by atoms with Gasteiger partial charge in [0.25, 0.3) is 0 Å². The number of rotatable bonds is 3. The number of sulfonamides is 1. The Morgan fingerprint density at radius 2 is 2.04 bits per heavy atom. The fourth-order valence-electron chi connectivity index (χ4n) is 4.25. The van der Waals surface area contributed by atoms with E-state index in [0.717, 1.165) is 43.1 Å². The van der Waals surface area contributed by atoms with Crippen LogP contribution >= 0.6 is 11.3 Å². The summed E-state index contributed by atoms with van der Waals surface area (Å²) in [6.45, 7) is 4.84. The predicted molar refractivity (Wildman–Crippen MR) is 110 cm³/mol. The highest BCUT2D eigenvalue weighted by Gasteiger charge is 2.35. The number of aryl methyl sites for hydroxylation is 1. The molecule has 9 heteroatoms. The largest absolute Gasteiger partial charge is 0.368 e. The van der Waals surface area contributed by atoms with Crippen molar-refractivity contribution in [2.45, 2.75) is 37.4 Å². The lowest BCUT2D eigenvalue weighted by atomic mass is 9.93.